The van der Waals surface area contributed by atoms with Crippen LogP contribution in [0, 0.1) is 0 Å². The van der Waals surface area contributed by atoms with Crippen LogP contribution in [0.2, 0.25) is 0 Å². The van der Waals surface area contributed by atoms with Gasteiger partial charge in [-0.25, -0.2) is 4.98 Å². The summed E-state index contributed by atoms with van der Waals surface area (Å²) in [5.41, 5.74) is 1.90. The van der Waals surface area contributed by atoms with Gasteiger partial charge in [0.15, 0.2) is 17.6 Å². The molecule has 1 aromatic carbocycles. The Kier molecular flexibility index (Phi) is 3.88. The molecule has 4 heterocycles. The minimum Gasteiger partial charge on any atom is -0.480 e. The molecule has 1 fully saturated rings. The molecule has 0 bridgehead atoms. The summed E-state index contributed by atoms with van der Waals surface area (Å²) in [6.45, 7) is 2.78. The van der Waals surface area contributed by atoms with Crippen molar-refractivity contribution in [2.75, 3.05) is 31.1 Å². The smallest absolute Gasteiger partial charge is 0.263 e. The molecule has 2 aliphatic heterocycles. The first-order valence-corrected chi connectivity index (χ1v) is 9.21. The summed E-state index contributed by atoms with van der Waals surface area (Å²) in [6, 6.07) is 7.96. The maximum absolute atomic E-state index is 12.9. The fraction of sp³-hybridized carbons (Fsp3) is 0.368. The molecule has 2 aromatic heterocycles. The van der Waals surface area contributed by atoms with Crippen LogP contribution >= 0.6 is 0 Å². The van der Waals surface area contributed by atoms with E-state index in [9.17, 15) is 4.79 Å². The Morgan fingerprint density at radius 3 is 2.85 bits per heavy atom. The number of benzene rings is 1. The second kappa shape index (κ2) is 6.53. The van der Waals surface area contributed by atoms with E-state index in [1.165, 1.54) is 11.9 Å². The third kappa shape index (κ3) is 2.87. The van der Waals surface area contributed by atoms with Gasteiger partial charge in [-0.1, -0.05) is 18.2 Å². The summed E-state index contributed by atoms with van der Waals surface area (Å²) in [7, 11) is 0. The number of anilines is 1. The molecule has 0 radical (unpaired) electrons. The van der Waals surface area contributed by atoms with Gasteiger partial charge in [-0.3, -0.25) is 9.78 Å². The van der Waals surface area contributed by atoms with E-state index in [2.05, 4.69) is 26.0 Å². The van der Waals surface area contributed by atoms with Gasteiger partial charge >= 0.3 is 0 Å². The number of rotatable bonds is 2. The maximum atomic E-state index is 12.9. The van der Waals surface area contributed by atoms with E-state index in [0.717, 1.165) is 43.1 Å². The average molecular weight is 364 g/mol. The first-order valence-electron chi connectivity index (χ1n) is 9.21. The monoisotopic (exact) mass is 364 g/mol. The number of hydrogen-bond acceptors (Lipinski definition) is 6. The first kappa shape index (κ1) is 16.0. The fourth-order valence-electron chi connectivity index (χ4n) is 3.81. The van der Waals surface area contributed by atoms with Crippen molar-refractivity contribution in [1.82, 2.24) is 24.5 Å². The number of aryl methyl sites for hydroxylation is 1. The van der Waals surface area contributed by atoms with Gasteiger partial charge in [0.05, 0.1) is 12.4 Å². The van der Waals surface area contributed by atoms with Crippen molar-refractivity contribution in [1.29, 1.82) is 0 Å². The largest absolute Gasteiger partial charge is 0.480 e. The van der Waals surface area contributed by atoms with E-state index in [1.54, 1.807) is 16.9 Å². The number of amides is 1. The number of piperazine rings is 1. The van der Waals surface area contributed by atoms with Crippen LogP contribution in [0.1, 0.15) is 12.0 Å². The van der Waals surface area contributed by atoms with Gasteiger partial charge < -0.3 is 14.5 Å². The zero-order valence-electron chi connectivity index (χ0n) is 14.9. The Balaban J connectivity index is 1.26. The molecule has 27 heavy (non-hydrogen) atoms. The number of nitrogens with zero attached hydrogens (tertiary/aromatic N) is 6. The van der Waals surface area contributed by atoms with Crippen LogP contribution < -0.4 is 9.64 Å². The van der Waals surface area contributed by atoms with Crippen molar-refractivity contribution in [3.63, 3.8) is 0 Å². The van der Waals surface area contributed by atoms with Gasteiger partial charge in [0.1, 0.15) is 12.1 Å². The normalized spacial score (nSPS) is 19.6. The van der Waals surface area contributed by atoms with E-state index in [0.29, 0.717) is 13.1 Å². The van der Waals surface area contributed by atoms with Crippen molar-refractivity contribution in [3.8, 4) is 5.75 Å². The molecular weight excluding hydrogens is 344 g/mol. The van der Waals surface area contributed by atoms with E-state index < -0.39 is 0 Å². The molecule has 138 valence electrons. The topological polar surface area (TPSA) is 75.9 Å². The van der Waals surface area contributed by atoms with Gasteiger partial charge in [-0.2, -0.15) is 9.61 Å². The van der Waals surface area contributed by atoms with E-state index in [-0.39, 0.29) is 12.0 Å². The highest BCUT2D eigenvalue weighted by Gasteiger charge is 2.32. The first-order chi connectivity index (χ1) is 13.3. The van der Waals surface area contributed by atoms with Gasteiger partial charge in [0, 0.05) is 26.2 Å². The number of carbonyl (C=O) groups is 1. The van der Waals surface area contributed by atoms with E-state index in [4.69, 9.17) is 4.74 Å². The highest BCUT2D eigenvalue weighted by Crippen LogP contribution is 2.28. The van der Waals surface area contributed by atoms with Crippen molar-refractivity contribution < 1.29 is 9.53 Å². The third-order valence-electron chi connectivity index (χ3n) is 5.28. The molecule has 8 heteroatoms. The standard InChI is InChI=1S/C19H20N6O2/c26-19(16-6-5-14-3-1-2-4-15(14)27-16)24-9-7-23(8-10-24)18-12-20-11-17-21-13-22-25(17)18/h1-4,11-13,16H,5-10H2. The lowest BCUT2D eigenvalue weighted by Gasteiger charge is -2.37. The van der Waals surface area contributed by atoms with Gasteiger partial charge in [0.2, 0.25) is 0 Å². The molecule has 1 saturated heterocycles. The van der Waals surface area contributed by atoms with Crippen LogP contribution in [0.25, 0.3) is 5.65 Å². The molecule has 1 atom stereocenters. The summed E-state index contributed by atoms with van der Waals surface area (Å²) >= 11 is 0. The molecule has 0 N–H and O–H groups in total. The Morgan fingerprint density at radius 1 is 1.11 bits per heavy atom. The summed E-state index contributed by atoms with van der Waals surface area (Å²) in [5, 5.41) is 4.27. The molecule has 0 aliphatic carbocycles. The fourth-order valence-corrected chi connectivity index (χ4v) is 3.81. The quantitative estimate of drug-likeness (QED) is 0.679. The van der Waals surface area contributed by atoms with Crippen LogP contribution in [0.15, 0.2) is 43.0 Å². The summed E-state index contributed by atoms with van der Waals surface area (Å²) < 4.78 is 7.75. The number of ether oxygens (including phenoxy) is 1. The van der Waals surface area contributed by atoms with E-state index >= 15 is 0 Å². The molecule has 3 aromatic rings. The summed E-state index contributed by atoms with van der Waals surface area (Å²) in [4.78, 5) is 25.4. The van der Waals surface area contributed by atoms with Crippen molar-refractivity contribution in [2.24, 2.45) is 0 Å². The Labute approximate surface area is 156 Å². The molecule has 1 unspecified atom stereocenters. The predicted octanol–water partition coefficient (Wildman–Crippen LogP) is 1.17. The predicted molar refractivity (Wildman–Crippen MR) is 98.8 cm³/mol. The third-order valence-corrected chi connectivity index (χ3v) is 5.28. The van der Waals surface area contributed by atoms with Crippen LogP contribution in [-0.2, 0) is 11.2 Å². The lowest BCUT2D eigenvalue weighted by atomic mass is 10.0. The molecule has 5 rings (SSSR count). The van der Waals surface area contributed by atoms with Crippen molar-refractivity contribution >= 4 is 17.4 Å². The average Bonchev–Trinajstić information content (AvgIpc) is 3.22. The van der Waals surface area contributed by atoms with Gasteiger partial charge in [-0.15, -0.1) is 0 Å². The minimum atomic E-state index is -0.383. The highest BCUT2D eigenvalue weighted by atomic mass is 16.5. The zero-order chi connectivity index (χ0) is 18.2. The SMILES string of the molecule is O=C(C1CCc2ccccc2O1)N1CCN(c2cncc3ncnn23)CC1. The number of fused-ring (bicyclic) bond motifs is 2. The van der Waals surface area contributed by atoms with Crippen molar-refractivity contribution in [2.45, 2.75) is 18.9 Å². The van der Waals surface area contributed by atoms with Crippen LogP contribution in [0.4, 0.5) is 5.82 Å². The van der Waals surface area contributed by atoms with Crippen LogP contribution in [0.3, 0.4) is 0 Å². The highest BCUT2D eigenvalue weighted by molar-refractivity contribution is 5.82. The molecule has 0 spiro atoms. The molecule has 1 amide bonds. The molecule has 2 aliphatic rings. The molecule has 8 nitrogen and oxygen atoms in total. The Hall–Kier alpha value is -3.16. The maximum Gasteiger partial charge on any atom is 0.263 e. The second-order valence-electron chi connectivity index (χ2n) is 6.86. The lowest BCUT2D eigenvalue weighted by molar-refractivity contribution is -0.139. The number of hydrogen-bond donors (Lipinski definition) is 0. The summed E-state index contributed by atoms with van der Waals surface area (Å²) in [5.74, 6) is 1.82. The van der Waals surface area contributed by atoms with Gasteiger partial charge in [-0.05, 0) is 24.5 Å². The zero-order valence-corrected chi connectivity index (χ0v) is 14.9. The Bertz CT molecular complexity index is 979. The summed E-state index contributed by atoms with van der Waals surface area (Å²) in [6.07, 6.45) is 6.24. The van der Waals surface area contributed by atoms with Crippen LogP contribution in [-0.4, -0.2) is 62.7 Å². The minimum absolute atomic E-state index is 0.0845. The number of para-hydroxylation sites is 1. The number of carbonyl (C=O) groups excluding carboxylic acids is 1. The molecular formula is C19H20N6O2. The lowest BCUT2D eigenvalue weighted by Crippen LogP contribution is -2.53. The Morgan fingerprint density at radius 2 is 1.96 bits per heavy atom. The van der Waals surface area contributed by atoms with Crippen LogP contribution in [0.5, 0.6) is 5.75 Å². The van der Waals surface area contributed by atoms with Crippen molar-refractivity contribution in [3.05, 3.63) is 48.5 Å². The second-order valence-corrected chi connectivity index (χ2v) is 6.86. The molecule has 0 saturated carbocycles. The van der Waals surface area contributed by atoms with E-state index in [1.807, 2.05) is 23.1 Å². The van der Waals surface area contributed by atoms with Gasteiger partial charge in [0.25, 0.3) is 5.91 Å². The number of aromatic nitrogens is 4.